The topological polar surface area (TPSA) is 91.3 Å². The Hall–Kier alpha value is -2.45. The van der Waals surface area contributed by atoms with Crippen LogP contribution in [0.1, 0.15) is 71.9 Å². The van der Waals surface area contributed by atoms with Crippen LogP contribution in [0.5, 0.6) is 0 Å². The number of benzene rings is 1. The number of nitrogens with one attached hydrogen (secondary N) is 1. The average Bonchev–Trinajstić information content (AvgIpc) is 3.48. The van der Waals surface area contributed by atoms with Crippen LogP contribution < -0.4 is 5.32 Å². The highest BCUT2D eigenvalue weighted by molar-refractivity contribution is 5.91. The van der Waals surface area contributed by atoms with E-state index in [0.717, 1.165) is 18.4 Å². The third-order valence-electron chi connectivity index (χ3n) is 6.12. The Bertz CT molecular complexity index is 828. The highest BCUT2D eigenvalue weighted by Gasteiger charge is 2.49. The summed E-state index contributed by atoms with van der Waals surface area (Å²) in [6.07, 6.45) is 0.740. The zero-order valence-electron chi connectivity index (χ0n) is 19.7. The van der Waals surface area contributed by atoms with Crippen molar-refractivity contribution in [3.05, 3.63) is 35.9 Å². The van der Waals surface area contributed by atoms with Crippen molar-refractivity contribution in [3.63, 3.8) is 0 Å². The lowest BCUT2D eigenvalue weighted by molar-refractivity contribution is -0.136. The van der Waals surface area contributed by atoms with Crippen molar-refractivity contribution >= 4 is 17.8 Å². The summed E-state index contributed by atoms with van der Waals surface area (Å²) in [5, 5.41) is 4.38. The van der Waals surface area contributed by atoms with E-state index < -0.39 is 24.6 Å². The molecule has 8 heteroatoms. The fourth-order valence-corrected chi connectivity index (χ4v) is 4.23. The SMILES string of the molecule is CCCC[C@H](NC(=O)OC1CC(C)(C)CN1C(C)=O)C(=O)C1ON1[C@H](C)c1ccccc1. The molecule has 2 aliphatic rings. The third kappa shape index (κ3) is 5.86. The van der Waals surface area contributed by atoms with Crippen molar-refractivity contribution in [1.82, 2.24) is 15.3 Å². The number of carbonyl (C=O) groups excluding carboxylic acids is 3. The van der Waals surface area contributed by atoms with Gasteiger partial charge in [-0.15, -0.1) is 5.06 Å². The number of amides is 2. The molecule has 0 bridgehead atoms. The first-order valence-corrected chi connectivity index (χ1v) is 11.4. The van der Waals surface area contributed by atoms with Crippen molar-refractivity contribution < 1.29 is 24.0 Å². The van der Waals surface area contributed by atoms with E-state index in [1.807, 2.05) is 58.0 Å². The Labute approximate surface area is 190 Å². The minimum Gasteiger partial charge on any atom is -0.425 e. The fraction of sp³-hybridized carbons (Fsp3) is 0.625. The predicted octanol–water partition coefficient (Wildman–Crippen LogP) is 3.78. The molecular weight excluding hydrogens is 410 g/mol. The van der Waals surface area contributed by atoms with E-state index in [9.17, 15) is 14.4 Å². The van der Waals surface area contributed by atoms with Crippen LogP contribution in [0.3, 0.4) is 0 Å². The van der Waals surface area contributed by atoms with Crippen LogP contribution in [-0.2, 0) is 19.2 Å². The highest BCUT2D eigenvalue weighted by atomic mass is 16.8. The largest absolute Gasteiger partial charge is 0.425 e. The standard InChI is InChI=1S/C24H35N3O5/c1-6-7-13-19(21(29)22-27(32-22)16(2)18-11-9-8-10-12-18)25-23(30)31-20-14-24(4,5)15-26(20)17(3)28/h8-12,16,19-20,22H,6-7,13-15H2,1-5H3,(H,25,30)/t16-,19+,20?,22?,27?/m1/s1. The molecular formula is C24H35N3O5. The zero-order valence-corrected chi connectivity index (χ0v) is 19.7. The number of hydroxylamine groups is 2. The maximum absolute atomic E-state index is 13.1. The van der Waals surface area contributed by atoms with Crippen LogP contribution in [0.4, 0.5) is 4.79 Å². The molecule has 0 aromatic heterocycles. The molecule has 32 heavy (non-hydrogen) atoms. The second kappa shape index (κ2) is 10.0. The van der Waals surface area contributed by atoms with Crippen molar-refractivity contribution in [1.29, 1.82) is 0 Å². The summed E-state index contributed by atoms with van der Waals surface area (Å²) in [4.78, 5) is 44.9. The second-order valence-corrected chi connectivity index (χ2v) is 9.52. The van der Waals surface area contributed by atoms with Gasteiger partial charge < -0.3 is 15.0 Å². The van der Waals surface area contributed by atoms with Crippen molar-refractivity contribution in [2.45, 2.75) is 84.8 Å². The smallest absolute Gasteiger partial charge is 0.409 e. The summed E-state index contributed by atoms with van der Waals surface area (Å²) in [6.45, 7) is 10.1. The molecule has 2 saturated heterocycles. The third-order valence-corrected chi connectivity index (χ3v) is 6.12. The Morgan fingerprint density at radius 2 is 1.94 bits per heavy atom. The summed E-state index contributed by atoms with van der Waals surface area (Å²) in [5.41, 5.74) is 0.915. The lowest BCUT2D eigenvalue weighted by Gasteiger charge is -2.24. The van der Waals surface area contributed by atoms with E-state index >= 15 is 0 Å². The second-order valence-electron chi connectivity index (χ2n) is 9.52. The predicted molar refractivity (Wildman–Crippen MR) is 119 cm³/mol. The number of carbonyl (C=O) groups is 3. The molecule has 1 aromatic rings. The number of alkyl carbamates (subject to hydrolysis) is 1. The van der Waals surface area contributed by atoms with Crippen molar-refractivity contribution in [2.24, 2.45) is 5.41 Å². The number of Topliss-reactive ketones (excluding diaryl/α,β-unsaturated/α-hetero) is 1. The molecule has 2 heterocycles. The average molecular weight is 446 g/mol. The maximum Gasteiger partial charge on any atom is 0.409 e. The van der Waals surface area contributed by atoms with Gasteiger partial charge in [-0.05, 0) is 24.3 Å². The van der Waals surface area contributed by atoms with Gasteiger partial charge in [0.15, 0.2) is 6.23 Å². The molecule has 2 aliphatic heterocycles. The molecule has 2 fully saturated rings. The molecule has 1 aromatic carbocycles. The van der Waals surface area contributed by atoms with E-state index in [0.29, 0.717) is 19.4 Å². The molecule has 176 valence electrons. The lowest BCUT2D eigenvalue weighted by atomic mass is 9.93. The molecule has 3 rings (SSSR count). The van der Waals surface area contributed by atoms with Crippen LogP contribution in [0.25, 0.3) is 0 Å². The van der Waals surface area contributed by atoms with E-state index in [2.05, 4.69) is 5.32 Å². The number of unbranched alkanes of at least 4 members (excludes halogenated alkanes) is 1. The normalized spacial score (nSPS) is 25.7. The number of hydrogen-bond donors (Lipinski definition) is 1. The minimum atomic E-state index is -0.708. The number of nitrogens with zero attached hydrogens (tertiary/aromatic N) is 2. The number of ketones is 1. The van der Waals surface area contributed by atoms with Crippen LogP contribution in [-0.4, -0.2) is 52.8 Å². The molecule has 5 atom stereocenters. The first-order chi connectivity index (χ1) is 15.1. The van der Waals surface area contributed by atoms with E-state index in [4.69, 9.17) is 9.57 Å². The van der Waals surface area contributed by atoms with Crippen LogP contribution in [0.2, 0.25) is 0 Å². The Morgan fingerprint density at radius 1 is 1.25 bits per heavy atom. The summed E-state index contributed by atoms with van der Waals surface area (Å²) in [6, 6.07) is 9.03. The number of hydrogen-bond acceptors (Lipinski definition) is 6. The van der Waals surface area contributed by atoms with E-state index in [-0.39, 0.29) is 23.1 Å². The molecule has 1 N–H and O–H groups in total. The summed E-state index contributed by atoms with van der Waals surface area (Å²) >= 11 is 0. The monoisotopic (exact) mass is 445 g/mol. The summed E-state index contributed by atoms with van der Waals surface area (Å²) in [7, 11) is 0. The minimum absolute atomic E-state index is 0.0752. The number of rotatable bonds is 9. The van der Waals surface area contributed by atoms with Gasteiger partial charge in [-0.3, -0.25) is 14.4 Å². The van der Waals surface area contributed by atoms with Gasteiger partial charge in [-0.2, -0.15) is 0 Å². The van der Waals surface area contributed by atoms with Crippen LogP contribution in [0.15, 0.2) is 30.3 Å². The van der Waals surface area contributed by atoms with Crippen molar-refractivity contribution in [2.75, 3.05) is 6.54 Å². The first-order valence-electron chi connectivity index (χ1n) is 11.4. The molecule has 0 aliphatic carbocycles. The maximum atomic E-state index is 13.1. The van der Waals surface area contributed by atoms with Gasteiger partial charge in [0.1, 0.15) is 0 Å². The number of ether oxygens (including phenoxy) is 1. The Kier molecular flexibility index (Phi) is 7.56. The first kappa shape index (κ1) is 24.2. The molecule has 3 unspecified atom stereocenters. The van der Waals surface area contributed by atoms with Crippen molar-refractivity contribution in [3.8, 4) is 0 Å². The van der Waals surface area contributed by atoms with Gasteiger partial charge in [0.05, 0.1) is 12.1 Å². The Morgan fingerprint density at radius 3 is 2.56 bits per heavy atom. The van der Waals surface area contributed by atoms with Crippen LogP contribution >= 0.6 is 0 Å². The van der Waals surface area contributed by atoms with Gasteiger partial charge in [-0.1, -0.05) is 63.9 Å². The van der Waals surface area contributed by atoms with Gasteiger partial charge in [-0.25, -0.2) is 4.79 Å². The molecule has 0 radical (unpaired) electrons. The molecule has 0 saturated carbocycles. The summed E-state index contributed by atoms with van der Waals surface area (Å²) < 4.78 is 5.57. The quantitative estimate of drug-likeness (QED) is 0.582. The van der Waals surface area contributed by atoms with Gasteiger partial charge in [0.25, 0.3) is 0 Å². The van der Waals surface area contributed by atoms with E-state index in [1.165, 1.54) is 6.92 Å². The van der Waals surface area contributed by atoms with E-state index in [1.54, 1.807) is 9.96 Å². The number of likely N-dealkylation sites (tertiary alicyclic amines) is 1. The zero-order chi connectivity index (χ0) is 23.5. The molecule has 0 spiro atoms. The van der Waals surface area contributed by atoms with Gasteiger partial charge in [0, 0.05) is 19.9 Å². The molecule has 2 amide bonds. The fourth-order valence-electron chi connectivity index (χ4n) is 4.23. The summed E-state index contributed by atoms with van der Waals surface area (Å²) in [5.74, 6) is -0.322. The van der Waals surface area contributed by atoms with Gasteiger partial charge >= 0.3 is 6.09 Å². The Balaban J connectivity index is 1.60. The van der Waals surface area contributed by atoms with Crippen LogP contribution in [0, 0.1) is 5.41 Å². The highest BCUT2D eigenvalue weighted by Crippen LogP contribution is 2.36. The van der Waals surface area contributed by atoms with Gasteiger partial charge in [0.2, 0.25) is 17.9 Å². The lowest BCUT2D eigenvalue weighted by Crippen LogP contribution is -2.46. The molecule has 8 nitrogen and oxygen atoms in total.